The monoisotopic (exact) mass is 226 g/mol. The molecular formula is C14H14N2O. The standard InChI is InChI=1S/C14H14N2O/c1-10(2)17-14-5-3-11(4-6-14)12-7-13(8-15)16-9-12/h3-7,9-10,16H,1-2H3. The molecular weight excluding hydrogens is 212 g/mol. The van der Waals surface area contributed by atoms with Crippen LogP contribution in [0.1, 0.15) is 19.5 Å². The number of nitrogens with one attached hydrogen (secondary N) is 1. The van der Waals surface area contributed by atoms with Crippen molar-refractivity contribution in [3.05, 3.63) is 42.2 Å². The largest absolute Gasteiger partial charge is 0.491 e. The summed E-state index contributed by atoms with van der Waals surface area (Å²) in [7, 11) is 0. The average Bonchev–Trinajstić information content (AvgIpc) is 2.78. The zero-order chi connectivity index (χ0) is 12.3. The Balaban J connectivity index is 2.20. The molecule has 0 saturated carbocycles. The Labute approximate surface area is 101 Å². The van der Waals surface area contributed by atoms with Crippen molar-refractivity contribution in [3.8, 4) is 22.9 Å². The summed E-state index contributed by atoms with van der Waals surface area (Å²) in [5, 5.41) is 8.74. The lowest BCUT2D eigenvalue weighted by Gasteiger charge is -2.09. The Morgan fingerprint density at radius 2 is 1.88 bits per heavy atom. The first-order chi connectivity index (χ1) is 8.19. The summed E-state index contributed by atoms with van der Waals surface area (Å²) in [5.41, 5.74) is 2.65. The summed E-state index contributed by atoms with van der Waals surface area (Å²) in [6.07, 6.45) is 2.01. The number of H-pyrrole nitrogens is 1. The zero-order valence-corrected chi connectivity index (χ0v) is 9.90. The van der Waals surface area contributed by atoms with E-state index in [0.29, 0.717) is 5.69 Å². The van der Waals surface area contributed by atoms with Crippen molar-refractivity contribution < 1.29 is 4.74 Å². The van der Waals surface area contributed by atoms with E-state index in [4.69, 9.17) is 10.00 Å². The Hall–Kier alpha value is -2.21. The van der Waals surface area contributed by atoms with E-state index in [1.165, 1.54) is 0 Å². The van der Waals surface area contributed by atoms with E-state index in [2.05, 4.69) is 11.1 Å². The van der Waals surface area contributed by atoms with Crippen LogP contribution in [0.3, 0.4) is 0 Å². The molecule has 0 fully saturated rings. The number of hydrogen-bond acceptors (Lipinski definition) is 2. The van der Waals surface area contributed by atoms with E-state index in [9.17, 15) is 0 Å². The maximum Gasteiger partial charge on any atom is 0.119 e. The van der Waals surface area contributed by atoms with E-state index >= 15 is 0 Å². The highest BCUT2D eigenvalue weighted by atomic mass is 16.5. The highest BCUT2D eigenvalue weighted by molar-refractivity contribution is 5.65. The summed E-state index contributed by atoms with van der Waals surface area (Å²) in [5.74, 6) is 0.861. The Morgan fingerprint density at radius 1 is 1.18 bits per heavy atom. The molecule has 0 unspecified atom stereocenters. The molecule has 1 aromatic heterocycles. The van der Waals surface area contributed by atoms with E-state index in [1.807, 2.05) is 50.4 Å². The second kappa shape index (κ2) is 4.75. The van der Waals surface area contributed by atoms with Crippen molar-refractivity contribution in [1.82, 2.24) is 4.98 Å². The highest BCUT2D eigenvalue weighted by Gasteiger charge is 2.02. The lowest BCUT2D eigenvalue weighted by molar-refractivity contribution is 0.242. The summed E-state index contributed by atoms with van der Waals surface area (Å²) >= 11 is 0. The number of nitriles is 1. The van der Waals surface area contributed by atoms with Crippen LogP contribution in [0, 0.1) is 11.3 Å². The van der Waals surface area contributed by atoms with Gasteiger partial charge in [0.1, 0.15) is 17.5 Å². The third-order valence-electron chi connectivity index (χ3n) is 2.36. The van der Waals surface area contributed by atoms with Crippen molar-refractivity contribution in [2.45, 2.75) is 20.0 Å². The molecule has 0 radical (unpaired) electrons. The van der Waals surface area contributed by atoms with Gasteiger partial charge in [0.2, 0.25) is 0 Å². The first kappa shape index (κ1) is 11.3. The van der Waals surface area contributed by atoms with Crippen LogP contribution >= 0.6 is 0 Å². The molecule has 3 heteroatoms. The van der Waals surface area contributed by atoms with Crippen molar-refractivity contribution in [2.24, 2.45) is 0 Å². The molecule has 0 aliphatic rings. The van der Waals surface area contributed by atoms with Crippen LogP contribution in [-0.2, 0) is 0 Å². The third kappa shape index (κ3) is 2.67. The highest BCUT2D eigenvalue weighted by Crippen LogP contribution is 2.23. The van der Waals surface area contributed by atoms with Crippen molar-refractivity contribution in [1.29, 1.82) is 5.26 Å². The lowest BCUT2D eigenvalue weighted by Crippen LogP contribution is -2.05. The van der Waals surface area contributed by atoms with Gasteiger partial charge in [-0.15, -0.1) is 0 Å². The van der Waals surface area contributed by atoms with Crippen molar-refractivity contribution in [2.75, 3.05) is 0 Å². The number of ether oxygens (including phenoxy) is 1. The van der Waals surface area contributed by atoms with Gasteiger partial charge in [-0.1, -0.05) is 12.1 Å². The summed E-state index contributed by atoms with van der Waals surface area (Å²) in [4.78, 5) is 2.91. The molecule has 0 spiro atoms. The third-order valence-corrected chi connectivity index (χ3v) is 2.36. The quantitative estimate of drug-likeness (QED) is 0.872. The predicted octanol–water partition coefficient (Wildman–Crippen LogP) is 3.34. The van der Waals surface area contributed by atoms with Crippen LogP contribution in [0.4, 0.5) is 0 Å². The molecule has 0 aliphatic carbocycles. The molecule has 1 heterocycles. The number of aromatic amines is 1. The molecule has 17 heavy (non-hydrogen) atoms. The van der Waals surface area contributed by atoms with Gasteiger partial charge < -0.3 is 9.72 Å². The van der Waals surface area contributed by atoms with Gasteiger partial charge in [-0.3, -0.25) is 0 Å². The van der Waals surface area contributed by atoms with E-state index < -0.39 is 0 Å². The summed E-state index contributed by atoms with van der Waals surface area (Å²) < 4.78 is 5.57. The minimum Gasteiger partial charge on any atom is -0.491 e. The molecule has 3 nitrogen and oxygen atoms in total. The smallest absolute Gasteiger partial charge is 0.119 e. The number of hydrogen-bond donors (Lipinski definition) is 1. The van der Waals surface area contributed by atoms with Gasteiger partial charge in [0.25, 0.3) is 0 Å². The van der Waals surface area contributed by atoms with Gasteiger partial charge in [-0.05, 0) is 37.6 Å². The fourth-order valence-electron chi connectivity index (χ4n) is 1.62. The molecule has 2 rings (SSSR count). The number of benzene rings is 1. The van der Waals surface area contributed by atoms with Gasteiger partial charge in [-0.2, -0.15) is 5.26 Å². The molecule has 2 aromatic rings. The summed E-state index contributed by atoms with van der Waals surface area (Å²) in [6.45, 7) is 4.00. The number of aromatic nitrogens is 1. The number of rotatable bonds is 3. The van der Waals surface area contributed by atoms with Crippen molar-refractivity contribution in [3.63, 3.8) is 0 Å². The van der Waals surface area contributed by atoms with Gasteiger partial charge in [0.15, 0.2) is 0 Å². The van der Waals surface area contributed by atoms with E-state index in [-0.39, 0.29) is 6.10 Å². The lowest BCUT2D eigenvalue weighted by atomic mass is 10.1. The Bertz CT molecular complexity index is 532. The fraction of sp³-hybridized carbons (Fsp3) is 0.214. The topological polar surface area (TPSA) is 48.8 Å². The van der Waals surface area contributed by atoms with Gasteiger partial charge in [0.05, 0.1) is 6.10 Å². The second-order valence-electron chi connectivity index (χ2n) is 4.10. The molecule has 0 aliphatic heterocycles. The van der Waals surface area contributed by atoms with Crippen LogP contribution in [0.2, 0.25) is 0 Å². The SMILES string of the molecule is CC(C)Oc1ccc(-c2c[nH]c(C#N)c2)cc1. The van der Waals surface area contributed by atoms with Gasteiger partial charge >= 0.3 is 0 Å². The van der Waals surface area contributed by atoms with Crippen LogP contribution in [-0.4, -0.2) is 11.1 Å². The molecule has 1 aromatic carbocycles. The second-order valence-corrected chi connectivity index (χ2v) is 4.10. The Morgan fingerprint density at radius 3 is 2.41 bits per heavy atom. The first-order valence-corrected chi connectivity index (χ1v) is 5.54. The molecule has 0 bridgehead atoms. The van der Waals surface area contributed by atoms with E-state index in [1.54, 1.807) is 0 Å². The first-order valence-electron chi connectivity index (χ1n) is 5.54. The molecule has 86 valence electrons. The predicted molar refractivity (Wildman–Crippen MR) is 66.7 cm³/mol. The maximum absolute atomic E-state index is 8.74. The molecule has 0 atom stereocenters. The Kier molecular flexibility index (Phi) is 3.15. The number of nitrogens with zero attached hydrogens (tertiary/aromatic N) is 1. The van der Waals surface area contributed by atoms with Crippen LogP contribution < -0.4 is 4.74 Å². The molecule has 0 saturated heterocycles. The minimum absolute atomic E-state index is 0.179. The van der Waals surface area contributed by atoms with Crippen LogP contribution in [0.25, 0.3) is 11.1 Å². The van der Waals surface area contributed by atoms with Gasteiger partial charge in [-0.25, -0.2) is 0 Å². The average molecular weight is 226 g/mol. The molecule has 1 N–H and O–H groups in total. The summed E-state index contributed by atoms with van der Waals surface area (Å²) in [6, 6.07) is 11.8. The van der Waals surface area contributed by atoms with E-state index in [0.717, 1.165) is 16.9 Å². The zero-order valence-electron chi connectivity index (χ0n) is 9.90. The molecule has 0 amide bonds. The maximum atomic E-state index is 8.74. The van der Waals surface area contributed by atoms with Crippen LogP contribution in [0.5, 0.6) is 5.75 Å². The van der Waals surface area contributed by atoms with Crippen LogP contribution in [0.15, 0.2) is 36.5 Å². The van der Waals surface area contributed by atoms with Crippen molar-refractivity contribution >= 4 is 0 Å². The normalized spacial score (nSPS) is 10.2. The minimum atomic E-state index is 0.179. The fourth-order valence-corrected chi connectivity index (χ4v) is 1.62. The van der Waals surface area contributed by atoms with Gasteiger partial charge in [0, 0.05) is 11.8 Å².